The Kier molecular flexibility index (Phi) is 7.03. The second kappa shape index (κ2) is 9.48. The topological polar surface area (TPSA) is 33.7 Å². The molecule has 0 saturated heterocycles. The quantitative estimate of drug-likeness (QED) is 0.599. The van der Waals surface area contributed by atoms with E-state index in [4.69, 9.17) is 33.3 Å². The van der Waals surface area contributed by atoms with Gasteiger partial charge in [0.15, 0.2) is 5.11 Å². The van der Waals surface area contributed by atoms with Gasteiger partial charge in [-0.2, -0.15) is 0 Å². The van der Waals surface area contributed by atoms with Crippen molar-refractivity contribution in [1.82, 2.24) is 4.90 Å². The van der Waals surface area contributed by atoms with Gasteiger partial charge in [-0.05, 0) is 61.8 Å². The molecule has 0 bridgehead atoms. The molecule has 1 saturated carbocycles. The third kappa shape index (κ3) is 4.89. The normalized spacial score (nSPS) is 14.0. The van der Waals surface area contributed by atoms with Crippen LogP contribution in [0.25, 0.3) is 0 Å². The van der Waals surface area contributed by atoms with Crippen LogP contribution < -0.4 is 14.8 Å². The van der Waals surface area contributed by atoms with Crippen LogP contribution in [-0.4, -0.2) is 30.3 Å². The van der Waals surface area contributed by atoms with E-state index in [-0.39, 0.29) is 0 Å². The van der Waals surface area contributed by atoms with Crippen molar-refractivity contribution in [3.8, 4) is 11.5 Å². The molecule has 1 aliphatic rings. The summed E-state index contributed by atoms with van der Waals surface area (Å²) in [5, 5.41) is 4.72. The standard InChI is InChI=1S/C22H27ClN2O2S/c1-15-8-11-20(19(23)12-15)24-22(28)25(17-6-4-5-7-17)14-16-9-10-18(26-2)13-21(16)27-3/h8-13,17H,4-7,14H2,1-3H3,(H,24,28). The van der Waals surface area contributed by atoms with E-state index in [0.29, 0.717) is 22.7 Å². The molecule has 0 amide bonds. The Morgan fingerprint density at radius 2 is 1.89 bits per heavy atom. The molecule has 3 rings (SSSR count). The number of ether oxygens (including phenoxy) is 2. The van der Waals surface area contributed by atoms with Crippen LogP contribution in [0.1, 0.15) is 36.8 Å². The van der Waals surface area contributed by atoms with Gasteiger partial charge in [-0.15, -0.1) is 0 Å². The molecule has 150 valence electrons. The van der Waals surface area contributed by atoms with Gasteiger partial charge in [0.25, 0.3) is 0 Å². The maximum absolute atomic E-state index is 6.40. The fourth-order valence-electron chi connectivity index (χ4n) is 3.66. The van der Waals surface area contributed by atoms with Gasteiger partial charge in [-0.3, -0.25) is 0 Å². The molecule has 2 aromatic carbocycles. The van der Waals surface area contributed by atoms with E-state index in [2.05, 4.69) is 10.2 Å². The molecule has 0 heterocycles. The van der Waals surface area contributed by atoms with Crippen molar-refractivity contribution in [3.63, 3.8) is 0 Å². The van der Waals surface area contributed by atoms with Crippen molar-refractivity contribution in [2.45, 2.75) is 45.2 Å². The van der Waals surface area contributed by atoms with E-state index >= 15 is 0 Å². The molecule has 0 aliphatic heterocycles. The zero-order valence-electron chi connectivity index (χ0n) is 16.6. The van der Waals surface area contributed by atoms with Crippen molar-refractivity contribution in [1.29, 1.82) is 0 Å². The maximum atomic E-state index is 6.40. The Bertz CT molecular complexity index is 837. The number of nitrogens with zero attached hydrogens (tertiary/aromatic N) is 1. The van der Waals surface area contributed by atoms with Crippen LogP contribution in [0.15, 0.2) is 36.4 Å². The smallest absolute Gasteiger partial charge is 0.174 e. The molecule has 1 N–H and O–H groups in total. The molecular weight excluding hydrogens is 392 g/mol. The molecule has 0 atom stereocenters. The summed E-state index contributed by atoms with van der Waals surface area (Å²) in [7, 11) is 3.34. The lowest BCUT2D eigenvalue weighted by molar-refractivity contribution is 0.304. The molecule has 0 spiro atoms. The molecule has 2 aromatic rings. The van der Waals surface area contributed by atoms with Crippen molar-refractivity contribution < 1.29 is 9.47 Å². The molecule has 0 aromatic heterocycles. The highest BCUT2D eigenvalue weighted by atomic mass is 35.5. The van der Waals surface area contributed by atoms with Crippen LogP contribution in [-0.2, 0) is 6.54 Å². The second-order valence-corrected chi connectivity index (χ2v) is 7.95. The van der Waals surface area contributed by atoms with Crippen LogP contribution in [0.5, 0.6) is 11.5 Å². The van der Waals surface area contributed by atoms with Gasteiger partial charge in [-0.1, -0.05) is 30.5 Å². The summed E-state index contributed by atoms with van der Waals surface area (Å²) < 4.78 is 10.9. The SMILES string of the molecule is COc1ccc(CN(C(=S)Nc2ccc(C)cc2Cl)C2CCCC2)c(OC)c1. The number of anilines is 1. The van der Waals surface area contributed by atoms with Crippen LogP contribution in [0.3, 0.4) is 0 Å². The molecular formula is C22H27ClN2O2S. The van der Waals surface area contributed by atoms with E-state index in [1.165, 1.54) is 12.8 Å². The van der Waals surface area contributed by atoms with Crippen molar-refractivity contribution in [3.05, 3.63) is 52.5 Å². The average molecular weight is 419 g/mol. The summed E-state index contributed by atoms with van der Waals surface area (Å²) in [6, 6.07) is 12.3. The van der Waals surface area contributed by atoms with E-state index in [1.807, 2.05) is 43.3 Å². The van der Waals surface area contributed by atoms with Gasteiger partial charge in [-0.25, -0.2) is 0 Å². The number of hydrogen-bond donors (Lipinski definition) is 1. The molecule has 6 heteroatoms. The van der Waals surface area contributed by atoms with Gasteiger partial charge >= 0.3 is 0 Å². The fraction of sp³-hybridized carbons (Fsp3) is 0.409. The van der Waals surface area contributed by atoms with Gasteiger partial charge in [0, 0.05) is 24.2 Å². The first-order valence-corrected chi connectivity index (χ1v) is 10.3. The predicted molar refractivity (Wildman–Crippen MR) is 120 cm³/mol. The first-order chi connectivity index (χ1) is 13.5. The van der Waals surface area contributed by atoms with Crippen molar-refractivity contribution >= 4 is 34.6 Å². The predicted octanol–water partition coefficient (Wildman–Crippen LogP) is 5.81. The second-order valence-electron chi connectivity index (χ2n) is 7.16. The zero-order chi connectivity index (χ0) is 20.1. The van der Waals surface area contributed by atoms with Gasteiger partial charge < -0.3 is 19.7 Å². The summed E-state index contributed by atoms with van der Waals surface area (Å²) in [6.07, 6.45) is 4.74. The Labute approximate surface area is 177 Å². The number of rotatable bonds is 6. The molecule has 0 radical (unpaired) electrons. The largest absolute Gasteiger partial charge is 0.497 e. The summed E-state index contributed by atoms with van der Waals surface area (Å²) in [4.78, 5) is 2.27. The number of thiocarbonyl (C=S) groups is 1. The summed E-state index contributed by atoms with van der Waals surface area (Å²) in [5.41, 5.74) is 3.04. The zero-order valence-corrected chi connectivity index (χ0v) is 18.2. The fourth-order valence-corrected chi connectivity index (χ4v) is 4.26. The highest BCUT2D eigenvalue weighted by Crippen LogP contribution is 2.31. The Morgan fingerprint density at radius 1 is 1.14 bits per heavy atom. The summed E-state index contributed by atoms with van der Waals surface area (Å²) in [5.74, 6) is 1.58. The third-order valence-electron chi connectivity index (χ3n) is 5.23. The number of halogens is 1. The van der Waals surface area contributed by atoms with Gasteiger partial charge in [0.1, 0.15) is 11.5 Å². The van der Waals surface area contributed by atoms with Crippen LogP contribution >= 0.6 is 23.8 Å². The molecule has 1 fully saturated rings. The highest BCUT2D eigenvalue weighted by Gasteiger charge is 2.26. The number of benzene rings is 2. The number of nitrogens with one attached hydrogen (secondary N) is 1. The van der Waals surface area contributed by atoms with Gasteiger partial charge in [0.2, 0.25) is 0 Å². The van der Waals surface area contributed by atoms with Gasteiger partial charge in [0.05, 0.1) is 24.9 Å². The van der Waals surface area contributed by atoms with Crippen LogP contribution in [0, 0.1) is 6.92 Å². The Balaban J connectivity index is 1.84. The average Bonchev–Trinajstić information content (AvgIpc) is 3.22. The molecule has 28 heavy (non-hydrogen) atoms. The lowest BCUT2D eigenvalue weighted by Crippen LogP contribution is -2.41. The maximum Gasteiger partial charge on any atom is 0.174 e. The minimum Gasteiger partial charge on any atom is -0.497 e. The van der Waals surface area contributed by atoms with E-state index in [1.54, 1.807) is 14.2 Å². The molecule has 1 aliphatic carbocycles. The Morgan fingerprint density at radius 3 is 2.54 bits per heavy atom. The van der Waals surface area contributed by atoms with Crippen LogP contribution in [0.4, 0.5) is 5.69 Å². The first kappa shape index (κ1) is 20.7. The summed E-state index contributed by atoms with van der Waals surface area (Å²) in [6.45, 7) is 2.70. The number of hydrogen-bond acceptors (Lipinski definition) is 3. The molecule has 4 nitrogen and oxygen atoms in total. The van der Waals surface area contributed by atoms with E-state index < -0.39 is 0 Å². The van der Waals surface area contributed by atoms with E-state index in [0.717, 1.165) is 41.2 Å². The third-order valence-corrected chi connectivity index (χ3v) is 5.88. The molecule has 0 unspecified atom stereocenters. The highest BCUT2D eigenvalue weighted by molar-refractivity contribution is 7.80. The lowest BCUT2D eigenvalue weighted by atomic mass is 10.1. The minimum absolute atomic E-state index is 0.413. The monoisotopic (exact) mass is 418 g/mol. The number of methoxy groups -OCH3 is 2. The lowest BCUT2D eigenvalue weighted by Gasteiger charge is -2.32. The van der Waals surface area contributed by atoms with E-state index in [9.17, 15) is 0 Å². The summed E-state index contributed by atoms with van der Waals surface area (Å²) >= 11 is 12.2. The first-order valence-electron chi connectivity index (χ1n) is 9.56. The van der Waals surface area contributed by atoms with Crippen LogP contribution in [0.2, 0.25) is 5.02 Å². The van der Waals surface area contributed by atoms with Crippen molar-refractivity contribution in [2.75, 3.05) is 19.5 Å². The van der Waals surface area contributed by atoms with Crippen molar-refractivity contribution in [2.24, 2.45) is 0 Å². The number of aryl methyl sites for hydroxylation is 1. The minimum atomic E-state index is 0.413. The Hall–Kier alpha value is -1.98.